The standard InChI is InChI=1S/C10H12ClNO3.C8H11NO2.C2H2Cl2O.CH4/c1-14-7-3-4-8(9(5-7)15-2)12-10(13)6-11;1-10-6-3-4-7(9)8(5-6)11-2;3-1-2(4)5;/h3-5H,6H2,1-2H3,(H,12,13);3-5H,9H2,1-2H3;1H2;1H4. The second-order valence-corrected chi connectivity index (χ2v) is 6.30. The van der Waals surface area contributed by atoms with Gasteiger partial charge in [-0.25, -0.2) is 0 Å². The zero-order chi connectivity index (χ0) is 23.8. The van der Waals surface area contributed by atoms with Crippen LogP contribution in [0.5, 0.6) is 23.0 Å². The maximum Gasteiger partial charge on any atom is 0.239 e. The molecule has 0 heterocycles. The van der Waals surface area contributed by atoms with Gasteiger partial charge in [-0.15, -0.1) is 23.2 Å². The molecule has 0 saturated heterocycles. The number of hydrogen-bond acceptors (Lipinski definition) is 7. The number of nitrogens with one attached hydrogen (secondary N) is 1. The first-order chi connectivity index (χ1) is 14.8. The van der Waals surface area contributed by atoms with E-state index in [2.05, 4.69) is 5.32 Å². The number of ether oxygens (including phenoxy) is 4. The molecule has 180 valence electrons. The molecule has 0 saturated carbocycles. The Hall–Kier alpha value is -2.55. The minimum atomic E-state index is -0.508. The quantitative estimate of drug-likeness (QED) is 0.312. The Labute approximate surface area is 203 Å². The van der Waals surface area contributed by atoms with Crippen LogP contribution in [0.15, 0.2) is 36.4 Å². The fourth-order valence-corrected chi connectivity index (χ4v) is 1.97. The molecule has 2 rings (SSSR count). The zero-order valence-electron chi connectivity index (χ0n) is 17.5. The van der Waals surface area contributed by atoms with E-state index in [1.807, 2.05) is 0 Å². The number of rotatable bonds is 7. The summed E-state index contributed by atoms with van der Waals surface area (Å²) in [5.41, 5.74) is 6.77. The molecule has 3 N–H and O–H groups in total. The molecule has 0 bridgehead atoms. The molecule has 32 heavy (non-hydrogen) atoms. The van der Waals surface area contributed by atoms with Crippen molar-refractivity contribution in [2.45, 2.75) is 7.43 Å². The molecule has 0 spiro atoms. The predicted octanol–water partition coefficient (Wildman–Crippen LogP) is 4.79. The maximum atomic E-state index is 11.1. The van der Waals surface area contributed by atoms with Gasteiger partial charge in [-0.2, -0.15) is 0 Å². The molecule has 1 amide bonds. The van der Waals surface area contributed by atoms with E-state index in [1.165, 1.54) is 7.11 Å². The average molecular weight is 512 g/mol. The van der Waals surface area contributed by atoms with Gasteiger partial charge in [0.1, 0.15) is 28.9 Å². The molecule has 0 aromatic heterocycles. The third-order valence-corrected chi connectivity index (χ3v) is 4.11. The van der Waals surface area contributed by atoms with Crippen molar-refractivity contribution >= 4 is 57.3 Å². The lowest BCUT2D eigenvalue weighted by Crippen LogP contribution is -2.13. The van der Waals surface area contributed by atoms with Crippen LogP contribution in [-0.4, -0.2) is 51.3 Å². The smallest absolute Gasteiger partial charge is 0.239 e. The van der Waals surface area contributed by atoms with Gasteiger partial charge < -0.3 is 30.0 Å². The number of alkyl halides is 2. The first-order valence-electron chi connectivity index (χ1n) is 8.55. The summed E-state index contributed by atoms with van der Waals surface area (Å²) < 4.78 is 20.1. The van der Waals surface area contributed by atoms with Crippen LogP contribution in [0.3, 0.4) is 0 Å². The van der Waals surface area contributed by atoms with Crippen LogP contribution >= 0.6 is 34.8 Å². The lowest BCUT2D eigenvalue weighted by molar-refractivity contribution is -0.114. The highest BCUT2D eigenvalue weighted by Crippen LogP contribution is 2.29. The van der Waals surface area contributed by atoms with Gasteiger partial charge in [0, 0.05) is 12.1 Å². The molecule has 0 aliphatic heterocycles. The summed E-state index contributed by atoms with van der Waals surface area (Å²) in [7, 11) is 6.26. The third-order valence-electron chi connectivity index (χ3n) is 3.35. The number of amides is 1. The maximum absolute atomic E-state index is 11.1. The van der Waals surface area contributed by atoms with Crippen LogP contribution in [0.4, 0.5) is 11.4 Å². The monoisotopic (exact) mass is 510 g/mol. The lowest BCUT2D eigenvalue weighted by atomic mass is 10.2. The van der Waals surface area contributed by atoms with Crippen molar-refractivity contribution in [3.63, 3.8) is 0 Å². The highest BCUT2D eigenvalue weighted by atomic mass is 35.5. The Morgan fingerprint density at radius 1 is 0.844 bits per heavy atom. The molecule has 0 fully saturated rings. The van der Waals surface area contributed by atoms with Gasteiger partial charge >= 0.3 is 0 Å². The second-order valence-electron chi connectivity index (χ2n) is 5.34. The van der Waals surface area contributed by atoms with E-state index in [0.29, 0.717) is 28.6 Å². The van der Waals surface area contributed by atoms with Crippen molar-refractivity contribution in [2.24, 2.45) is 0 Å². The average Bonchev–Trinajstić information content (AvgIpc) is 2.80. The van der Waals surface area contributed by atoms with Crippen LogP contribution < -0.4 is 30.0 Å². The van der Waals surface area contributed by atoms with Crippen molar-refractivity contribution in [3.05, 3.63) is 36.4 Å². The zero-order valence-corrected chi connectivity index (χ0v) is 19.8. The van der Waals surface area contributed by atoms with Crippen LogP contribution in [-0.2, 0) is 9.59 Å². The summed E-state index contributed by atoms with van der Waals surface area (Å²) in [6.45, 7) is 0. The molecule has 0 aliphatic carbocycles. The molecule has 0 aliphatic rings. The molecule has 0 radical (unpaired) electrons. The number of nitrogen functional groups attached to an aromatic ring is 1. The van der Waals surface area contributed by atoms with Gasteiger partial charge in [-0.3, -0.25) is 9.59 Å². The van der Waals surface area contributed by atoms with E-state index in [-0.39, 0.29) is 25.1 Å². The Balaban J connectivity index is 0. The lowest BCUT2D eigenvalue weighted by Gasteiger charge is -2.10. The summed E-state index contributed by atoms with van der Waals surface area (Å²) in [5.74, 6) is 2.13. The van der Waals surface area contributed by atoms with Gasteiger partial charge in [0.2, 0.25) is 11.1 Å². The van der Waals surface area contributed by atoms with Crippen molar-refractivity contribution < 1.29 is 28.5 Å². The number of nitrogens with two attached hydrogens (primary N) is 1. The largest absolute Gasteiger partial charge is 0.497 e. The Morgan fingerprint density at radius 3 is 1.72 bits per heavy atom. The van der Waals surface area contributed by atoms with E-state index in [0.717, 1.165) is 5.75 Å². The van der Waals surface area contributed by atoms with Crippen molar-refractivity contribution in [3.8, 4) is 23.0 Å². The number of carbonyl (C=O) groups is 2. The van der Waals surface area contributed by atoms with Crippen molar-refractivity contribution in [1.29, 1.82) is 0 Å². The van der Waals surface area contributed by atoms with E-state index < -0.39 is 5.24 Å². The Morgan fingerprint density at radius 2 is 1.31 bits per heavy atom. The second kappa shape index (κ2) is 18.1. The normalized spacial score (nSPS) is 8.84. The minimum Gasteiger partial charge on any atom is -0.497 e. The summed E-state index contributed by atoms with van der Waals surface area (Å²) in [6.07, 6.45) is 0. The summed E-state index contributed by atoms with van der Waals surface area (Å²) in [6, 6.07) is 10.4. The summed E-state index contributed by atoms with van der Waals surface area (Å²) in [4.78, 5) is 20.5. The first kappa shape index (κ1) is 31.6. The summed E-state index contributed by atoms with van der Waals surface area (Å²) in [5, 5.41) is 2.10. The van der Waals surface area contributed by atoms with Gasteiger partial charge in [0.15, 0.2) is 0 Å². The van der Waals surface area contributed by atoms with E-state index in [4.69, 9.17) is 59.5 Å². The minimum absolute atomic E-state index is 0. The molecule has 8 nitrogen and oxygen atoms in total. The van der Waals surface area contributed by atoms with Crippen LogP contribution in [0.2, 0.25) is 0 Å². The van der Waals surface area contributed by atoms with Crippen LogP contribution in [0, 0.1) is 0 Å². The van der Waals surface area contributed by atoms with Gasteiger partial charge in [-0.1, -0.05) is 7.43 Å². The number of halogens is 3. The van der Waals surface area contributed by atoms with Gasteiger partial charge in [-0.05, 0) is 35.9 Å². The van der Waals surface area contributed by atoms with Crippen LogP contribution in [0.25, 0.3) is 0 Å². The van der Waals surface area contributed by atoms with E-state index in [9.17, 15) is 9.59 Å². The molecule has 0 atom stereocenters. The summed E-state index contributed by atoms with van der Waals surface area (Å²) >= 11 is 14.9. The highest BCUT2D eigenvalue weighted by Gasteiger charge is 2.07. The number of anilines is 2. The topological polar surface area (TPSA) is 109 Å². The van der Waals surface area contributed by atoms with Crippen LogP contribution in [0.1, 0.15) is 7.43 Å². The molecule has 11 heteroatoms. The predicted molar refractivity (Wildman–Crippen MR) is 131 cm³/mol. The van der Waals surface area contributed by atoms with E-state index >= 15 is 0 Å². The third kappa shape index (κ3) is 12.3. The van der Waals surface area contributed by atoms with Gasteiger partial charge in [0.25, 0.3) is 0 Å². The SMILES string of the molecule is C.COc1ccc(N)c(OC)c1.COc1ccc(NC(=O)CCl)c(OC)c1.O=C(Cl)CCl. The molecular weight excluding hydrogens is 483 g/mol. The number of methoxy groups -OCH3 is 4. The molecule has 0 unspecified atom stereocenters. The van der Waals surface area contributed by atoms with E-state index in [1.54, 1.807) is 57.7 Å². The molecule has 2 aromatic rings. The molecular formula is C21H29Cl3N2O6. The first-order valence-corrected chi connectivity index (χ1v) is 10.0. The highest BCUT2D eigenvalue weighted by molar-refractivity contribution is 6.67. The fourth-order valence-electron chi connectivity index (χ4n) is 1.90. The van der Waals surface area contributed by atoms with Crippen molar-refractivity contribution in [1.82, 2.24) is 0 Å². The van der Waals surface area contributed by atoms with Gasteiger partial charge in [0.05, 0.1) is 45.7 Å². The Bertz CT molecular complexity index is 837. The number of carbonyl (C=O) groups excluding carboxylic acids is 2. The number of hydrogen-bond donors (Lipinski definition) is 2. The molecule has 2 aromatic carbocycles. The van der Waals surface area contributed by atoms with Crippen molar-refractivity contribution in [2.75, 3.05) is 51.2 Å². The Kier molecular flexibility index (Phi) is 17.9. The fraction of sp³-hybridized carbons (Fsp3) is 0.333. The number of benzene rings is 2.